The van der Waals surface area contributed by atoms with Crippen molar-refractivity contribution in [3.05, 3.63) is 264 Å². The fraction of sp³-hybridized carbons (Fsp3) is 0.529. The van der Waals surface area contributed by atoms with Crippen LogP contribution in [0.1, 0.15) is 367 Å². The number of allylic oxidation sites excluding steroid dienone is 6. The van der Waals surface area contributed by atoms with E-state index in [2.05, 4.69) is 237 Å². The van der Waals surface area contributed by atoms with E-state index < -0.39 is 0 Å². The summed E-state index contributed by atoms with van der Waals surface area (Å²) in [5, 5.41) is 4.35. The maximum atomic E-state index is 11.5. The van der Waals surface area contributed by atoms with Gasteiger partial charge in [0.25, 0.3) is 0 Å². The molecule has 0 bridgehead atoms. The van der Waals surface area contributed by atoms with Gasteiger partial charge in [-0.05, 0) is 222 Å². The molecule has 0 N–H and O–H groups in total. The molecule has 0 amide bonds. The van der Waals surface area contributed by atoms with Crippen molar-refractivity contribution < 1.29 is 52.5 Å². The summed E-state index contributed by atoms with van der Waals surface area (Å²) < 4.78 is 4.38. The first-order valence-electron chi connectivity index (χ1n) is 44.0. The Morgan fingerprint density at radius 1 is 0.227 bits per heavy atom. The average Bonchev–Trinajstić information content (AvgIpc) is 1.65. The first-order chi connectivity index (χ1) is 53.4. The summed E-state index contributed by atoms with van der Waals surface area (Å²) in [7, 11) is 0. The largest absolute Gasteiger partial charge is 0 e. The molecule has 8 heteroatoms. The van der Waals surface area contributed by atoms with E-state index >= 15 is 0 Å². The summed E-state index contributed by atoms with van der Waals surface area (Å²) in [6.07, 6.45) is 59.4. The molecule has 0 aliphatic carbocycles. The standard InChI is InChI=1S/2C34H48N2.C32H44N2.2CH3.2Pd/c2*1-4-7-10-12-13-15-19-29-21-17-24-31(26-29)34-32(22-9-6-3)27-33(36(34)35)30-23-16-20-28(25-30)18-14-11-8-5-2;1-4-7-10-11-12-13-17-27-19-15-22-29(24-27)32-30(20-9-6-3)25-31(34(32)33)28-21-14-18-26(23-28)16-8-5-2;;;;/h2*16-17,20-21,23-27H,4-15,18-19,22H2,1-3H3;14-15,18-19,21-25H,4-13,16-17,20H2,1-3H3;2*1H3;;. The molecule has 0 saturated carbocycles. The maximum absolute atomic E-state index is 11.5. The molecule has 3 aliphatic rings. The third kappa shape index (κ3) is 32.8. The van der Waals surface area contributed by atoms with Gasteiger partial charge in [0.05, 0.1) is 0 Å². The number of rotatable bonds is 49. The van der Waals surface area contributed by atoms with Crippen LogP contribution in [0.3, 0.4) is 0 Å². The van der Waals surface area contributed by atoms with E-state index in [1.54, 1.807) is 0 Å². The van der Waals surface area contributed by atoms with Gasteiger partial charge in [-0.3, -0.25) is 0 Å². The second-order valence-corrected chi connectivity index (χ2v) is 32.8. The minimum atomic E-state index is 0. The molecule has 0 fully saturated rings. The van der Waals surface area contributed by atoms with Crippen LogP contribution in [-0.2, 0) is 76.9 Å². The van der Waals surface area contributed by atoms with Crippen molar-refractivity contribution in [2.24, 2.45) is 0 Å². The number of hydrogen-bond donors (Lipinski definition) is 0. The quantitative estimate of drug-likeness (QED) is 0.0207. The average molecular weight is 1670 g/mol. The van der Waals surface area contributed by atoms with Gasteiger partial charge in [-0.1, -0.05) is 296 Å². The van der Waals surface area contributed by atoms with E-state index in [0.29, 0.717) is 0 Å². The summed E-state index contributed by atoms with van der Waals surface area (Å²) in [5.74, 6) is 0. The van der Waals surface area contributed by atoms with E-state index in [-0.39, 0.29) is 20.4 Å². The van der Waals surface area contributed by atoms with Crippen LogP contribution in [-0.4, -0.2) is 14.1 Å². The molecule has 0 saturated heterocycles. The monoisotopic (exact) mass is 1670 g/mol. The van der Waals surface area contributed by atoms with Gasteiger partial charge in [0, 0.05) is 88.8 Å². The third-order valence-electron chi connectivity index (χ3n) is 21.7. The first-order valence-corrected chi connectivity index (χ1v) is 47.1. The number of aryl methyl sites for hydroxylation is 6. The predicted molar refractivity (Wildman–Crippen MR) is 470 cm³/mol. The van der Waals surface area contributed by atoms with Crippen LogP contribution >= 0.6 is 0 Å². The second kappa shape index (κ2) is 57.0. The summed E-state index contributed by atoms with van der Waals surface area (Å²) in [6.45, 7) is 20.3. The van der Waals surface area contributed by atoms with Gasteiger partial charge >= 0.3 is 28.8 Å². The van der Waals surface area contributed by atoms with Crippen LogP contribution in [0.25, 0.3) is 50.8 Å². The number of nitrogens with zero attached hydrogens (tertiary/aromatic N) is 6. The Bertz CT molecular complexity index is 3700. The minimum absolute atomic E-state index is 0. The van der Waals surface area contributed by atoms with Crippen LogP contribution in [0.5, 0.6) is 0 Å². The Hall–Kier alpha value is -6.12. The number of hydrogen-bond acceptors (Lipinski definition) is 0. The molecule has 9 rings (SSSR count). The first kappa shape index (κ1) is 94.5. The van der Waals surface area contributed by atoms with E-state index in [9.17, 15) is 16.6 Å². The molecule has 0 radical (unpaired) electrons. The van der Waals surface area contributed by atoms with Gasteiger partial charge < -0.3 is 16.6 Å². The van der Waals surface area contributed by atoms with Crippen molar-refractivity contribution in [3.63, 3.8) is 0 Å². The Morgan fingerprint density at radius 2 is 0.400 bits per heavy atom. The SMILES string of the molecule is CCCCCCCCc1cccc(C2=C(CCCC)C=C(c3cccc(CCCC)c3)[N+]2=[N-])c1.CCCCCCCCc1cccc(C2=C(CCCC)C=C(c3cccc(CCCCCC)c3)[N+]2=[N-])c1.CCCCCCCCc1cccc(C2=C(CCCC)C=C(c3cccc(CCCCCC)c3)[N+]2=[N-])c1.[CH3][Pd][CH3].[Pd]. The molecule has 6 aromatic carbocycles. The Morgan fingerprint density at radius 3 is 0.627 bits per heavy atom. The second-order valence-electron chi connectivity index (χ2n) is 31.3. The molecule has 3 heterocycles. The molecular weight excluding hydrogens is 1520 g/mol. The van der Waals surface area contributed by atoms with Gasteiger partial charge in [0.15, 0.2) is 0 Å². The topological polar surface area (TPSA) is 75.9 Å². The van der Waals surface area contributed by atoms with Gasteiger partial charge in [0.2, 0.25) is 34.2 Å². The maximum Gasteiger partial charge on any atom is 0 e. The van der Waals surface area contributed by atoms with Crippen molar-refractivity contribution in [1.82, 2.24) is 0 Å². The molecule has 604 valence electrons. The van der Waals surface area contributed by atoms with Gasteiger partial charge in [0.1, 0.15) is 0 Å². The van der Waals surface area contributed by atoms with Gasteiger partial charge in [-0.25, -0.2) is 14.1 Å². The Labute approximate surface area is 694 Å². The number of unbranched alkanes of at least 4 members (excludes halogenated alkanes) is 25. The number of benzene rings is 6. The smallest absolute Gasteiger partial charge is 0 e. The minimum Gasteiger partial charge on any atom is 0 e. The fourth-order valence-electron chi connectivity index (χ4n) is 15.4. The summed E-state index contributed by atoms with van der Waals surface area (Å²) in [4.78, 5) is 0. The zero-order valence-electron chi connectivity index (χ0n) is 70.8. The van der Waals surface area contributed by atoms with E-state index in [1.165, 1.54) is 244 Å². The van der Waals surface area contributed by atoms with E-state index in [1.807, 2.05) is 0 Å². The Kier molecular flexibility index (Phi) is 49.0. The molecule has 6 nitrogen and oxygen atoms in total. The molecular formula is C102H146N6Pd2. The van der Waals surface area contributed by atoms with Crippen molar-refractivity contribution in [1.29, 1.82) is 0 Å². The molecule has 0 atom stereocenters. The van der Waals surface area contributed by atoms with Crippen LogP contribution in [0, 0.1) is 0 Å². The summed E-state index contributed by atoms with van der Waals surface area (Å²) in [5.41, 5.74) is 58.6. The van der Waals surface area contributed by atoms with Gasteiger partial charge in [-0.15, -0.1) is 0 Å². The molecule has 0 unspecified atom stereocenters. The predicted octanol–water partition coefficient (Wildman–Crippen LogP) is 32.5. The van der Waals surface area contributed by atoms with Crippen molar-refractivity contribution in [2.75, 3.05) is 0 Å². The molecule has 0 aromatic heterocycles. The van der Waals surface area contributed by atoms with Crippen molar-refractivity contribution >= 4 is 34.2 Å². The third-order valence-corrected chi connectivity index (χ3v) is 21.7. The zero-order valence-corrected chi connectivity index (χ0v) is 73.9. The van der Waals surface area contributed by atoms with Gasteiger partial charge in [-0.2, -0.15) is 0 Å². The van der Waals surface area contributed by atoms with E-state index in [4.69, 9.17) is 0 Å². The van der Waals surface area contributed by atoms with Crippen LogP contribution in [0.2, 0.25) is 10.8 Å². The normalized spacial score (nSPS) is 13.3. The van der Waals surface area contributed by atoms with Crippen molar-refractivity contribution in [2.45, 2.75) is 349 Å². The Balaban J connectivity index is 0.000000289. The van der Waals surface area contributed by atoms with Crippen molar-refractivity contribution in [3.8, 4) is 0 Å². The zero-order chi connectivity index (χ0) is 78.1. The molecule has 3 aliphatic heterocycles. The van der Waals surface area contributed by atoms with Crippen LogP contribution in [0.15, 0.2) is 181 Å². The van der Waals surface area contributed by atoms with Crippen LogP contribution in [0.4, 0.5) is 0 Å². The fourth-order valence-corrected chi connectivity index (χ4v) is 15.4. The molecule has 110 heavy (non-hydrogen) atoms. The molecule has 0 spiro atoms. The van der Waals surface area contributed by atoms with E-state index in [0.717, 1.165) is 182 Å². The summed E-state index contributed by atoms with van der Waals surface area (Å²) >= 11 is 0.950. The summed E-state index contributed by atoms with van der Waals surface area (Å²) in [6, 6.07) is 52.9. The van der Waals surface area contributed by atoms with Crippen LogP contribution < -0.4 is 0 Å². The molecule has 6 aromatic rings.